The summed E-state index contributed by atoms with van der Waals surface area (Å²) >= 11 is 3.13. The maximum Gasteiger partial charge on any atom is 0.170 e. The highest BCUT2D eigenvalue weighted by Gasteiger charge is 2.32. The Labute approximate surface area is 110 Å². The molecule has 0 amide bonds. The molecule has 4 nitrogen and oxygen atoms in total. The van der Waals surface area contributed by atoms with Gasteiger partial charge in [0.15, 0.2) is 4.34 Å². The number of nitrogens with zero attached hydrogens (tertiary/aromatic N) is 2. The molecule has 0 radical (unpaired) electrons. The summed E-state index contributed by atoms with van der Waals surface area (Å²) in [7, 11) is 0. The molecular weight excluding hydrogens is 254 g/mol. The lowest BCUT2D eigenvalue weighted by atomic mass is 10.1. The van der Waals surface area contributed by atoms with Crippen molar-refractivity contribution in [3.63, 3.8) is 0 Å². The zero-order chi connectivity index (χ0) is 12.3. The minimum Gasteiger partial charge on any atom is -0.394 e. The Balaban J connectivity index is 1.85. The molecule has 0 spiro atoms. The normalized spacial score (nSPS) is 19.2. The number of hydrogen-bond donors (Lipinski definition) is 2. The Morgan fingerprint density at radius 3 is 2.88 bits per heavy atom. The number of nitrogens with one attached hydrogen (secondary N) is 1. The predicted octanol–water partition coefficient (Wildman–Crippen LogP) is 1.70. The van der Waals surface area contributed by atoms with Crippen molar-refractivity contribution in [3.05, 3.63) is 5.82 Å². The predicted molar refractivity (Wildman–Crippen MR) is 71.7 cm³/mol. The highest BCUT2D eigenvalue weighted by molar-refractivity contribution is 8.01. The van der Waals surface area contributed by atoms with Crippen molar-refractivity contribution < 1.29 is 5.11 Å². The second-order valence-electron chi connectivity index (χ2n) is 4.76. The Bertz CT molecular complexity index is 367. The van der Waals surface area contributed by atoms with Crippen LogP contribution < -0.4 is 5.32 Å². The summed E-state index contributed by atoms with van der Waals surface area (Å²) in [5.41, 5.74) is -0.204. The van der Waals surface area contributed by atoms with Crippen LogP contribution in [0, 0.1) is 0 Å². The van der Waals surface area contributed by atoms with Gasteiger partial charge in [-0.05, 0) is 31.3 Å². The van der Waals surface area contributed by atoms with Crippen molar-refractivity contribution in [2.75, 3.05) is 12.4 Å². The summed E-state index contributed by atoms with van der Waals surface area (Å²) in [5, 5.41) is 13.0. The molecule has 1 saturated carbocycles. The highest BCUT2D eigenvalue weighted by atomic mass is 32.2. The van der Waals surface area contributed by atoms with Crippen LogP contribution in [0.15, 0.2) is 4.34 Å². The molecule has 6 heteroatoms. The molecule has 1 aromatic heterocycles. The van der Waals surface area contributed by atoms with Crippen molar-refractivity contribution in [2.24, 2.45) is 0 Å². The first-order chi connectivity index (χ1) is 8.15. The van der Waals surface area contributed by atoms with Gasteiger partial charge in [0.2, 0.25) is 0 Å². The van der Waals surface area contributed by atoms with E-state index in [1.165, 1.54) is 24.4 Å². The zero-order valence-electron chi connectivity index (χ0n) is 10.3. The van der Waals surface area contributed by atoms with E-state index in [0.29, 0.717) is 6.04 Å². The number of aliphatic hydroxyl groups excluding tert-OH is 1. The lowest BCUT2D eigenvalue weighted by Crippen LogP contribution is -2.49. The number of aliphatic hydroxyl groups is 1. The first-order valence-electron chi connectivity index (χ1n) is 5.99. The van der Waals surface area contributed by atoms with Gasteiger partial charge in [-0.1, -0.05) is 18.7 Å². The van der Waals surface area contributed by atoms with Crippen LogP contribution in [0.25, 0.3) is 0 Å². The van der Waals surface area contributed by atoms with Gasteiger partial charge in [-0.2, -0.15) is 4.37 Å². The average molecular weight is 273 g/mol. The topological polar surface area (TPSA) is 58.0 Å². The van der Waals surface area contributed by atoms with Gasteiger partial charge in [0.1, 0.15) is 5.82 Å². The van der Waals surface area contributed by atoms with Gasteiger partial charge >= 0.3 is 0 Å². The van der Waals surface area contributed by atoms with Gasteiger partial charge in [0.05, 0.1) is 6.61 Å². The van der Waals surface area contributed by atoms with E-state index in [9.17, 15) is 5.11 Å². The summed E-state index contributed by atoms with van der Waals surface area (Å²) < 4.78 is 5.26. The van der Waals surface area contributed by atoms with Crippen molar-refractivity contribution in [1.82, 2.24) is 14.7 Å². The smallest absolute Gasteiger partial charge is 0.170 e. The Hall–Kier alpha value is -0.170. The van der Waals surface area contributed by atoms with Crippen LogP contribution in [0.4, 0.5) is 0 Å². The van der Waals surface area contributed by atoms with Crippen molar-refractivity contribution in [3.8, 4) is 0 Å². The van der Waals surface area contributed by atoms with Crippen LogP contribution in [0.5, 0.6) is 0 Å². The molecule has 96 valence electrons. The Kier molecular flexibility index (Phi) is 4.41. The highest BCUT2D eigenvalue weighted by Crippen LogP contribution is 2.28. The third-order valence-corrected chi connectivity index (χ3v) is 5.01. The number of rotatable bonds is 7. The van der Waals surface area contributed by atoms with Crippen LogP contribution >= 0.6 is 23.3 Å². The van der Waals surface area contributed by atoms with Gasteiger partial charge < -0.3 is 10.4 Å². The van der Waals surface area contributed by atoms with Gasteiger partial charge in [-0.3, -0.25) is 0 Å². The third-order valence-electron chi connectivity index (χ3n) is 2.76. The maximum absolute atomic E-state index is 9.48. The SMILES string of the molecule is CCc1nsc(SCC(C)(CO)NC2CC2)n1. The van der Waals surface area contributed by atoms with E-state index < -0.39 is 0 Å². The van der Waals surface area contributed by atoms with Crippen molar-refractivity contribution in [1.29, 1.82) is 0 Å². The summed E-state index contributed by atoms with van der Waals surface area (Å²) in [5.74, 6) is 1.75. The molecule has 17 heavy (non-hydrogen) atoms. The van der Waals surface area contributed by atoms with Gasteiger partial charge in [-0.25, -0.2) is 4.98 Å². The molecule has 1 unspecified atom stereocenters. The Morgan fingerprint density at radius 1 is 1.59 bits per heavy atom. The second-order valence-corrected chi connectivity index (χ2v) is 6.73. The van der Waals surface area contributed by atoms with Crippen LogP contribution in [0.1, 0.15) is 32.5 Å². The molecule has 2 N–H and O–H groups in total. The van der Waals surface area contributed by atoms with Gasteiger partial charge in [0, 0.05) is 23.8 Å². The van der Waals surface area contributed by atoms with Crippen molar-refractivity contribution in [2.45, 2.75) is 49.0 Å². The minimum absolute atomic E-state index is 0.163. The molecule has 1 aliphatic rings. The van der Waals surface area contributed by atoms with E-state index in [0.717, 1.165) is 22.3 Å². The molecule has 1 fully saturated rings. The van der Waals surface area contributed by atoms with Crippen LogP contribution in [-0.2, 0) is 6.42 Å². The van der Waals surface area contributed by atoms with Gasteiger partial charge in [0.25, 0.3) is 0 Å². The van der Waals surface area contributed by atoms with E-state index in [-0.39, 0.29) is 12.1 Å². The quantitative estimate of drug-likeness (QED) is 0.741. The van der Waals surface area contributed by atoms with Gasteiger partial charge in [-0.15, -0.1) is 0 Å². The molecule has 2 rings (SSSR count). The summed E-state index contributed by atoms with van der Waals surface area (Å²) in [6, 6.07) is 0.605. The molecule has 0 saturated heterocycles. The van der Waals surface area contributed by atoms with E-state index in [4.69, 9.17) is 0 Å². The number of aromatic nitrogens is 2. The lowest BCUT2D eigenvalue weighted by Gasteiger charge is -2.28. The molecule has 1 aliphatic carbocycles. The number of hydrogen-bond acceptors (Lipinski definition) is 6. The molecule has 0 bridgehead atoms. The molecule has 1 heterocycles. The third kappa shape index (κ3) is 3.91. The fourth-order valence-electron chi connectivity index (χ4n) is 1.51. The Morgan fingerprint density at radius 2 is 2.35 bits per heavy atom. The maximum atomic E-state index is 9.48. The largest absolute Gasteiger partial charge is 0.394 e. The van der Waals surface area contributed by atoms with Crippen molar-refractivity contribution >= 4 is 23.3 Å². The molecule has 0 aliphatic heterocycles. The van der Waals surface area contributed by atoms with Crippen LogP contribution in [0.3, 0.4) is 0 Å². The van der Waals surface area contributed by atoms with E-state index >= 15 is 0 Å². The first kappa shape index (κ1) is 13.3. The fraction of sp³-hybridized carbons (Fsp3) is 0.818. The summed E-state index contributed by atoms with van der Waals surface area (Å²) in [4.78, 5) is 4.42. The number of thioether (sulfide) groups is 1. The lowest BCUT2D eigenvalue weighted by molar-refractivity contribution is 0.190. The monoisotopic (exact) mass is 273 g/mol. The summed E-state index contributed by atoms with van der Waals surface area (Å²) in [6.45, 7) is 4.29. The fourth-order valence-corrected chi connectivity index (χ4v) is 3.30. The standard InChI is InChI=1S/C11H19N3OS2/c1-3-9-12-10(17-14-9)16-7-11(2,6-15)13-8-4-5-8/h8,13,15H,3-7H2,1-2H3. The number of aryl methyl sites for hydroxylation is 1. The van der Waals surface area contributed by atoms with E-state index in [1.54, 1.807) is 11.8 Å². The summed E-state index contributed by atoms with van der Waals surface area (Å²) in [6.07, 6.45) is 3.35. The van der Waals surface area contributed by atoms with E-state index in [2.05, 4.69) is 28.5 Å². The molecule has 0 aromatic carbocycles. The second kappa shape index (κ2) is 5.65. The first-order valence-corrected chi connectivity index (χ1v) is 7.75. The minimum atomic E-state index is -0.204. The molecule has 1 atom stereocenters. The van der Waals surface area contributed by atoms with E-state index in [1.807, 2.05) is 0 Å². The zero-order valence-corrected chi connectivity index (χ0v) is 11.9. The van der Waals surface area contributed by atoms with Crippen LogP contribution in [0.2, 0.25) is 0 Å². The molecule has 1 aromatic rings. The average Bonchev–Trinajstić information content (AvgIpc) is 3.02. The molecular formula is C11H19N3OS2. The van der Waals surface area contributed by atoms with Crippen LogP contribution in [-0.4, -0.2) is 38.4 Å².